The number of benzene rings is 1. The highest BCUT2D eigenvalue weighted by molar-refractivity contribution is 6.30. The van der Waals surface area contributed by atoms with Crippen molar-refractivity contribution in [2.75, 3.05) is 53.6 Å². The van der Waals surface area contributed by atoms with E-state index >= 15 is 0 Å². The first kappa shape index (κ1) is 22.3. The van der Waals surface area contributed by atoms with Crippen LogP contribution in [0.4, 0.5) is 4.79 Å². The van der Waals surface area contributed by atoms with Crippen molar-refractivity contribution in [1.82, 2.24) is 14.7 Å². The van der Waals surface area contributed by atoms with Crippen molar-refractivity contribution in [2.45, 2.75) is 6.92 Å². The number of imide groups is 2. The molecule has 0 aromatic heterocycles. The zero-order chi connectivity index (χ0) is 22.5. The molecule has 1 aromatic rings. The van der Waals surface area contributed by atoms with E-state index in [4.69, 9.17) is 14.2 Å². The lowest BCUT2D eigenvalue weighted by Crippen LogP contribution is -2.52. The van der Waals surface area contributed by atoms with Crippen molar-refractivity contribution < 1.29 is 33.4 Å². The van der Waals surface area contributed by atoms with E-state index in [0.717, 1.165) is 9.80 Å². The Morgan fingerprint density at radius 1 is 1.03 bits per heavy atom. The number of amides is 5. The maximum absolute atomic E-state index is 12.4. The molecular formula is C21H25N3O7. The molecule has 1 aromatic carbocycles. The lowest BCUT2D eigenvalue weighted by Gasteiger charge is -2.28. The number of carbonyl (C=O) groups excluding carboxylic acids is 4. The summed E-state index contributed by atoms with van der Waals surface area (Å²) in [5.74, 6) is -0.757. The van der Waals surface area contributed by atoms with Gasteiger partial charge in [0, 0.05) is 27.2 Å². The highest BCUT2D eigenvalue weighted by atomic mass is 16.5. The van der Waals surface area contributed by atoms with Gasteiger partial charge in [-0.2, -0.15) is 0 Å². The van der Waals surface area contributed by atoms with Crippen molar-refractivity contribution in [3.8, 4) is 11.5 Å². The Morgan fingerprint density at radius 3 is 2.29 bits per heavy atom. The van der Waals surface area contributed by atoms with Crippen molar-refractivity contribution in [3.05, 3.63) is 29.3 Å². The quantitative estimate of drug-likeness (QED) is 0.484. The largest absolute Gasteiger partial charge is 0.490 e. The fraction of sp³-hybridized carbons (Fsp3) is 0.429. The molecule has 0 aliphatic carbocycles. The molecular weight excluding hydrogens is 406 g/mol. The molecule has 2 aliphatic heterocycles. The second kappa shape index (κ2) is 9.61. The van der Waals surface area contributed by atoms with Crippen LogP contribution in [0.1, 0.15) is 12.5 Å². The van der Waals surface area contributed by atoms with E-state index in [1.165, 1.54) is 20.2 Å². The molecule has 10 heteroatoms. The van der Waals surface area contributed by atoms with Gasteiger partial charge >= 0.3 is 6.03 Å². The average molecular weight is 431 g/mol. The molecule has 0 N–H and O–H groups in total. The van der Waals surface area contributed by atoms with Gasteiger partial charge in [0.15, 0.2) is 18.1 Å². The summed E-state index contributed by atoms with van der Waals surface area (Å²) in [5, 5.41) is 0. The minimum Gasteiger partial charge on any atom is -0.490 e. The standard InChI is InChI=1S/C21H25N3O7/c1-4-30-17-12-14(11-15-19(26)22(2)21(28)23(3)20(15)27)5-6-16(17)31-13-18(25)24-7-9-29-10-8-24/h5-6,11-12H,4,7-10,13H2,1-3H3. The topological polar surface area (TPSA) is 106 Å². The highest BCUT2D eigenvalue weighted by Crippen LogP contribution is 2.30. The van der Waals surface area contributed by atoms with Crippen LogP contribution in [0.3, 0.4) is 0 Å². The summed E-state index contributed by atoms with van der Waals surface area (Å²) in [4.78, 5) is 52.4. The molecule has 2 heterocycles. The monoisotopic (exact) mass is 431 g/mol. The Balaban J connectivity index is 1.79. The number of barbiturate groups is 1. The Kier molecular flexibility index (Phi) is 6.91. The van der Waals surface area contributed by atoms with Crippen molar-refractivity contribution in [2.24, 2.45) is 0 Å². The highest BCUT2D eigenvalue weighted by Gasteiger charge is 2.37. The van der Waals surface area contributed by atoms with Crippen LogP contribution in [-0.4, -0.2) is 92.1 Å². The van der Waals surface area contributed by atoms with E-state index in [0.29, 0.717) is 50.0 Å². The third kappa shape index (κ3) is 4.85. The smallest absolute Gasteiger partial charge is 0.333 e. The second-order valence-electron chi connectivity index (χ2n) is 6.99. The van der Waals surface area contributed by atoms with Gasteiger partial charge in [0.2, 0.25) is 0 Å². The molecule has 31 heavy (non-hydrogen) atoms. The van der Waals surface area contributed by atoms with Gasteiger partial charge in [-0.3, -0.25) is 24.2 Å². The molecule has 10 nitrogen and oxygen atoms in total. The number of nitrogens with zero attached hydrogens (tertiary/aromatic N) is 3. The third-order valence-electron chi connectivity index (χ3n) is 4.94. The Morgan fingerprint density at radius 2 is 1.68 bits per heavy atom. The second-order valence-corrected chi connectivity index (χ2v) is 6.99. The lowest BCUT2D eigenvalue weighted by atomic mass is 10.1. The summed E-state index contributed by atoms with van der Waals surface area (Å²) in [6, 6.07) is 4.18. The summed E-state index contributed by atoms with van der Waals surface area (Å²) in [5.41, 5.74) is 0.381. The summed E-state index contributed by atoms with van der Waals surface area (Å²) < 4.78 is 16.5. The Hall–Kier alpha value is -3.40. The SMILES string of the molecule is CCOc1cc(C=C2C(=O)N(C)C(=O)N(C)C2=O)ccc1OCC(=O)N1CCOCC1. The fourth-order valence-corrected chi connectivity index (χ4v) is 3.19. The molecule has 0 bridgehead atoms. The van der Waals surface area contributed by atoms with E-state index in [9.17, 15) is 19.2 Å². The van der Waals surface area contributed by atoms with Crippen LogP contribution in [0.5, 0.6) is 11.5 Å². The molecule has 0 atom stereocenters. The number of morpholine rings is 1. The fourth-order valence-electron chi connectivity index (χ4n) is 3.19. The third-order valence-corrected chi connectivity index (χ3v) is 4.94. The summed E-state index contributed by atoms with van der Waals surface area (Å²) in [7, 11) is 2.63. The van der Waals surface area contributed by atoms with Crippen LogP contribution in [0.2, 0.25) is 0 Å². The van der Waals surface area contributed by atoms with Gasteiger partial charge in [-0.05, 0) is 30.7 Å². The number of carbonyl (C=O) groups is 4. The van der Waals surface area contributed by atoms with Crippen LogP contribution in [0, 0.1) is 0 Å². The van der Waals surface area contributed by atoms with Gasteiger partial charge in [-0.1, -0.05) is 6.07 Å². The number of hydrogen-bond acceptors (Lipinski definition) is 7. The molecule has 2 saturated heterocycles. The van der Waals surface area contributed by atoms with Crippen LogP contribution >= 0.6 is 0 Å². The molecule has 0 saturated carbocycles. The number of urea groups is 1. The first-order chi connectivity index (χ1) is 14.8. The normalized spacial score (nSPS) is 17.2. The maximum Gasteiger partial charge on any atom is 0.333 e. The predicted molar refractivity (Wildman–Crippen MR) is 109 cm³/mol. The van der Waals surface area contributed by atoms with Crippen LogP contribution in [0.25, 0.3) is 6.08 Å². The molecule has 5 amide bonds. The summed E-state index contributed by atoms with van der Waals surface area (Å²) in [6.07, 6.45) is 1.40. The molecule has 2 fully saturated rings. The minimum absolute atomic E-state index is 0.136. The Labute approximate surface area is 179 Å². The van der Waals surface area contributed by atoms with Crippen LogP contribution in [-0.2, 0) is 19.1 Å². The van der Waals surface area contributed by atoms with E-state index in [1.807, 2.05) is 0 Å². The molecule has 0 unspecified atom stereocenters. The summed E-state index contributed by atoms with van der Waals surface area (Å²) in [6.45, 7) is 4.08. The van der Waals surface area contributed by atoms with E-state index in [-0.39, 0.29) is 18.1 Å². The molecule has 166 valence electrons. The minimum atomic E-state index is -0.684. The van der Waals surface area contributed by atoms with Crippen molar-refractivity contribution in [1.29, 1.82) is 0 Å². The predicted octanol–water partition coefficient (Wildman–Crippen LogP) is 0.757. The van der Waals surface area contributed by atoms with Gasteiger partial charge in [0.25, 0.3) is 17.7 Å². The first-order valence-corrected chi connectivity index (χ1v) is 9.90. The lowest BCUT2D eigenvalue weighted by molar-refractivity contribution is -0.137. The summed E-state index contributed by atoms with van der Waals surface area (Å²) >= 11 is 0. The van der Waals surface area contributed by atoms with Crippen molar-refractivity contribution in [3.63, 3.8) is 0 Å². The van der Waals surface area contributed by atoms with Gasteiger partial charge in [-0.15, -0.1) is 0 Å². The zero-order valence-corrected chi connectivity index (χ0v) is 17.8. The van der Waals surface area contributed by atoms with E-state index in [1.54, 1.807) is 30.0 Å². The van der Waals surface area contributed by atoms with Crippen molar-refractivity contribution >= 4 is 29.8 Å². The number of ether oxygens (including phenoxy) is 3. The first-order valence-electron chi connectivity index (χ1n) is 9.90. The zero-order valence-electron chi connectivity index (χ0n) is 17.8. The average Bonchev–Trinajstić information content (AvgIpc) is 2.79. The molecule has 2 aliphatic rings. The van der Waals surface area contributed by atoms with Gasteiger partial charge in [0.1, 0.15) is 5.57 Å². The molecule has 0 radical (unpaired) electrons. The van der Waals surface area contributed by atoms with E-state index in [2.05, 4.69) is 0 Å². The van der Waals surface area contributed by atoms with E-state index < -0.39 is 17.8 Å². The molecule has 3 rings (SSSR count). The Bertz CT molecular complexity index is 896. The number of hydrogen-bond donors (Lipinski definition) is 0. The number of rotatable bonds is 6. The van der Waals surface area contributed by atoms with Gasteiger partial charge in [0.05, 0.1) is 19.8 Å². The van der Waals surface area contributed by atoms with Gasteiger partial charge in [-0.25, -0.2) is 4.79 Å². The van der Waals surface area contributed by atoms with Crippen LogP contribution in [0.15, 0.2) is 23.8 Å². The van der Waals surface area contributed by atoms with Crippen LogP contribution < -0.4 is 9.47 Å². The van der Waals surface area contributed by atoms with Gasteiger partial charge < -0.3 is 19.1 Å². The maximum atomic E-state index is 12.4. The molecule has 0 spiro atoms. The number of likely N-dealkylation sites (N-methyl/N-ethyl adjacent to an activating group) is 2.